The molecule has 1 N–H and O–H groups in total. The van der Waals surface area contributed by atoms with E-state index in [-0.39, 0.29) is 0 Å². The summed E-state index contributed by atoms with van der Waals surface area (Å²) in [4.78, 5) is 25.1. The lowest BCUT2D eigenvalue weighted by Gasteiger charge is -2.40. The second kappa shape index (κ2) is 6.50. The van der Waals surface area contributed by atoms with Crippen LogP contribution in [0, 0.1) is 0 Å². The van der Waals surface area contributed by atoms with Crippen LogP contribution in [0.15, 0.2) is 24.3 Å². The summed E-state index contributed by atoms with van der Waals surface area (Å²) >= 11 is 17.8. The lowest BCUT2D eigenvalue weighted by Crippen LogP contribution is -2.61. The minimum Gasteiger partial charge on any atom is -0.453 e. The summed E-state index contributed by atoms with van der Waals surface area (Å²) in [5.74, 6) is -0.674. The van der Waals surface area contributed by atoms with Gasteiger partial charge in [-0.1, -0.05) is 46.9 Å². The van der Waals surface area contributed by atoms with Gasteiger partial charge in [0.05, 0.1) is 5.69 Å². The van der Waals surface area contributed by atoms with Gasteiger partial charge in [0.1, 0.15) is 5.75 Å². The largest absolute Gasteiger partial charge is 0.453 e. The third-order valence-electron chi connectivity index (χ3n) is 2.92. The molecule has 2 unspecified atom stereocenters. The summed E-state index contributed by atoms with van der Waals surface area (Å²) in [6, 6.07) is 6.68. The first-order chi connectivity index (χ1) is 10.3. The van der Waals surface area contributed by atoms with Gasteiger partial charge in [-0.25, -0.2) is 0 Å². The molecule has 0 fully saturated rings. The van der Waals surface area contributed by atoms with E-state index >= 15 is 0 Å². The molecule has 0 aliphatic carbocycles. The summed E-state index contributed by atoms with van der Waals surface area (Å²) in [7, 11) is 1.32. The maximum Gasteiger partial charge on any atom is 0.298 e. The van der Waals surface area contributed by atoms with Crippen molar-refractivity contribution in [2.75, 3.05) is 12.0 Å². The lowest BCUT2D eigenvalue weighted by molar-refractivity contribution is -0.147. The monoisotopic (exact) mass is 366 g/mol. The van der Waals surface area contributed by atoms with Crippen LogP contribution in [0.25, 0.3) is 0 Å². The number of hydrogen-bond acceptors (Lipinski definition) is 4. The first-order valence-corrected chi connectivity index (χ1v) is 7.34. The van der Waals surface area contributed by atoms with Gasteiger partial charge in [0, 0.05) is 14.0 Å². The number of nitrogens with one attached hydrogen (secondary N) is 1. The highest BCUT2D eigenvalue weighted by Gasteiger charge is 2.46. The molecule has 2 rings (SSSR count). The average molecular weight is 368 g/mol. The SMILES string of the molecule is COC1Oc2ccccc2N(C(NC(C)=O)C(Cl)(Cl)Cl)C1=O. The number of hydrogen-bond donors (Lipinski definition) is 1. The van der Waals surface area contributed by atoms with E-state index in [1.54, 1.807) is 24.3 Å². The highest BCUT2D eigenvalue weighted by molar-refractivity contribution is 6.68. The number of methoxy groups -OCH3 is 1. The van der Waals surface area contributed by atoms with Crippen LogP contribution in [-0.2, 0) is 14.3 Å². The molecule has 0 saturated heterocycles. The van der Waals surface area contributed by atoms with Crippen LogP contribution in [0.3, 0.4) is 0 Å². The number of benzene rings is 1. The molecule has 22 heavy (non-hydrogen) atoms. The molecule has 1 heterocycles. The van der Waals surface area contributed by atoms with Gasteiger partial charge in [-0.05, 0) is 12.1 Å². The van der Waals surface area contributed by atoms with Crippen molar-refractivity contribution in [3.05, 3.63) is 24.3 Å². The number of halogens is 3. The van der Waals surface area contributed by atoms with Gasteiger partial charge in [0.2, 0.25) is 9.70 Å². The van der Waals surface area contributed by atoms with E-state index in [1.165, 1.54) is 14.0 Å². The molecule has 0 bridgehead atoms. The summed E-state index contributed by atoms with van der Waals surface area (Å²) in [6.45, 7) is 1.26. The molecule has 9 heteroatoms. The Hall–Kier alpha value is -1.21. The zero-order valence-corrected chi connectivity index (χ0v) is 13.9. The molecule has 6 nitrogen and oxygen atoms in total. The number of ether oxygens (including phenoxy) is 2. The average Bonchev–Trinajstić information content (AvgIpc) is 2.43. The van der Waals surface area contributed by atoms with E-state index in [4.69, 9.17) is 44.3 Å². The molecule has 1 aliphatic heterocycles. The van der Waals surface area contributed by atoms with Crippen LogP contribution in [-0.4, -0.2) is 35.2 Å². The Kier molecular flexibility index (Phi) is 5.07. The third kappa shape index (κ3) is 3.41. The van der Waals surface area contributed by atoms with E-state index in [2.05, 4.69) is 5.32 Å². The van der Waals surface area contributed by atoms with Crippen LogP contribution in [0.1, 0.15) is 6.92 Å². The van der Waals surface area contributed by atoms with Gasteiger partial charge < -0.3 is 14.8 Å². The normalized spacial score (nSPS) is 19.2. The fraction of sp³-hybridized carbons (Fsp3) is 0.385. The molecule has 0 spiro atoms. The molecule has 120 valence electrons. The van der Waals surface area contributed by atoms with Crippen molar-refractivity contribution in [2.45, 2.75) is 23.2 Å². The van der Waals surface area contributed by atoms with Gasteiger partial charge in [-0.15, -0.1) is 0 Å². The molecule has 0 saturated carbocycles. The quantitative estimate of drug-likeness (QED) is 0.832. The Morgan fingerprint density at radius 3 is 2.59 bits per heavy atom. The van der Waals surface area contributed by atoms with Gasteiger partial charge in [0.15, 0.2) is 6.17 Å². The number of anilines is 1. The molecule has 1 aromatic carbocycles. The maximum absolute atomic E-state index is 12.5. The van der Waals surface area contributed by atoms with Crippen molar-refractivity contribution >= 4 is 52.3 Å². The van der Waals surface area contributed by atoms with Crippen LogP contribution < -0.4 is 15.0 Å². The zero-order valence-electron chi connectivity index (χ0n) is 11.7. The molecule has 1 aromatic rings. The fourth-order valence-electron chi connectivity index (χ4n) is 2.05. The number of rotatable bonds is 3. The molecule has 1 aliphatic rings. The summed E-state index contributed by atoms with van der Waals surface area (Å²) < 4.78 is 8.48. The summed E-state index contributed by atoms with van der Waals surface area (Å²) in [5, 5.41) is 2.46. The van der Waals surface area contributed by atoms with Crippen molar-refractivity contribution < 1.29 is 19.1 Å². The highest BCUT2D eigenvalue weighted by atomic mass is 35.6. The third-order valence-corrected chi connectivity index (χ3v) is 3.54. The highest BCUT2D eigenvalue weighted by Crippen LogP contribution is 2.40. The predicted octanol–water partition coefficient (Wildman–Crippen LogP) is 2.22. The fourth-order valence-corrected chi connectivity index (χ4v) is 2.51. The Morgan fingerprint density at radius 2 is 2.05 bits per heavy atom. The van der Waals surface area contributed by atoms with E-state index < -0.39 is 28.1 Å². The summed E-state index contributed by atoms with van der Waals surface area (Å²) in [5.41, 5.74) is 0.367. The van der Waals surface area contributed by atoms with Crippen molar-refractivity contribution in [1.82, 2.24) is 5.32 Å². The first kappa shape index (κ1) is 17.1. The van der Waals surface area contributed by atoms with Gasteiger partial charge in [-0.2, -0.15) is 0 Å². The van der Waals surface area contributed by atoms with E-state index in [0.29, 0.717) is 11.4 Å². The molecule has 2 atom stereocenters. The van der Waals surface area contributed by atoms with Crippen LogP contribution in [0.5, 0.6) is 5.75 Å². The smallest absolute Gasteiger partial charge is 0.298 e. The molecule has 2 amide bonds. The van der Waals surface area contributed by atoms with E-state index in [9.17, 15) is 9.59 Å². The maximum atomic E-state index is 12.5. The minimum absolute atomic E-state index is 0.367. The Balaban J connectivity index is 2.53. The van der Waals surface area contributed by atoms with Gasteiger partial charge >= 0.3 is 0 Å². The number of carbonyl (C=O) groups is 2. The van der Waals surface area contributed by atoms with Crippen LogP contribution in [0.2, 0.25) is 0 Å². The molecule has 0 radical (unpaired) electrons. The zero-order chi connectivity index (χ0) is 16.5. The second-order valence-corrected chi connectivity index (χ2v) is 6.88. The summed E-state index contributed by atoms with van der Waals surface area (Å²) in [6.07, 6.45) is -2.41. The Bertz CT molecular complexity index is 591. The molecule has 0 aromatic heterocycles. The van der Waals surface area contributed by atoms with Crippen molar-refractivity contribution in [3.63, 3.8) is 0 Å². The Labute approximate surface area is 142 Å². The molecular formula is C13H13Cl3N2O4. The van der Waals surface area contributed by atoms with Crippen molar-refractivity contribution in [1.29, 1.82) is 0 Å². The number of amides is 2. The number of nitrogens with zero attached hydrogens (tertiary/aromatic N) is 1. The topological polar surface area (TPSA) is 67.9 Å². The number of carbonyl (C=O) groups excluding carboxylic acids is 2. The van der Waals surface area contributed by atoms with E-state index in [0.717, 1.165) is 4.90 Å². The number of fused-ring (bicyclic) bond motifs is 1. The second-order valence-electron chi connectivity index (χ2n) is 4.51. The van der Waals surface area contributed by atoms with Crippen molar-refractivity contribution in [3.8, 4) is 5.75 Å². The first-order valence-electron chi connectivity index (χ1n) is 6.21. The predicted molar refractivity (Wildman–Crippen MR) is 83.2 cm³/mol. The Morgan fingerprint density at radius 1 is 1.41 bits per heavy atom. The number of para-hydroxylation sites is 2. The van der Waals surface area contributed by atoms with E-state index in [1.807, 2.05) is 0 Å². The van der Waals surface area contributed by atoms with Gasteiger partial charge in [0.25, 0.3) is 12.2 Å². The van der Waals surface area contributed by atoms with Crippen LogP contribution >= 0.6 is 34.8 Å². The van der Waals surface area contributed by atoms with Crippen LogP contribution in [0.4, 0.5) is 5.69 Å². The van der Waals surface area contributed by atoms with Crippen molar-refractivity contribution in [2.24, 2.45) is 0 Å². The standard InChI is InChI=1S/C13H13Cl3N2O4/c1-7(19)17-12(13(14,15)16)18-8-5-3-4-6-9(8)22-11(21-2)10(18)20/h3-6,11-12H,1-2H3,(H,17,19). The van der Waals surface area contributed by atoms with Gasteiger partial charge in [-0.3, -0.25) is 14.5 Å². The number of alkyl halides is 3. The molecular weight excluding hydrogens is 355 g/mol. The lowest BCUT2D eigenvalue weighted by atomic mass is 10.2. The minimum atomic E-state index is -1.95.